The second kappa shape index (κ2) is 9.28. The minimum atomic E-state index is -1.40. The van der Waals surface area contributed by atoms with Crippen LogP contribution in [0.3, 0.4) is 0 Å². The summed E-state index contributed by atoms with van der Waals surface area (Å²) in [6.45, 7) is 6.46. The Hall–Kier alpha value is -3.08. The summed E-state index contributed by atoms with van der Waals surface area (Å²) >= 11 is 1.00. The van der Waals surface area contributed by atoms with Crippen LogP contribution in [0.2, 0.25) is 0 Å². The van der Waals surface area contributed by atoms with E-state index in [-0.39, 0.29) is 21.6 Å². The molecule has 0 saturated carbocycles. The molecule has 1 fully saturated rings. The SMILES string of the molecule is CN1CCN(c2cccc(Nc3sc(-c4c(F)cc(C(C)(C)O)cc4F)cc3C(N)=O)n2)CC1. The minimum Gasteiger partial charge on any atom is -0.386 e. The molecule has 7 nitrogen and oxygen atoms in total. The number of nitrogens with zero attached hydrogens (tertiary/aromatic N) is 3. The summed E-state index contributed by atoms with van der Waals surface area (Å²) in [6.07, 6.45) is 0. The predicted octanol–water partition coefficient (Wildman–Crippen LogP) is 3.91. The lowest BCUT2D eigenvalue weighted by Gasteiger charge is -2.33. The van der Waals surface area contributed by atoms with E-state index < -0.39 is 23.1 Å². The van der Waals surface area contributed by atoms with Crippen molar-refractivity contribution in [2.45, 2.75) is 19.4 Å². The topological polar surface area (TPSA) is 94.7 Å². The minimum absolute atomic E-state index is 0.108. The molecule has 1 aromatic carbocycles. The molecule has 0 aliphatic carbocycles. The van der Waals surface area contributed by atoms with E-state index in [9.17, 15) is 18.7 Å². The molecule has 1 amide bonds. The normalized spacial score (nSPS) is 14.9. The average Bonchev–Trinajstić information content (AvgIpc) is 3.17. The fourth-order valence-corrected chi connectivity index (χ4v) is 4.89. The first-order valence-electron chi connectivity index (χ1n) is 10.9. The Bertz CT molecular complexity index is 1190. The van der Waals surface area contributed by atoms with E-state index in [1.54, 1.807) is 6.07 Å². The third-order valence-electron chi connectivity index (χ3n) is 5.80. The van der Waals surface area contributed by atoms with Crippen molar-refractivity contribution in [3.8, 4) is 10.4 Å². The molecule has 180 valence electrons. The number of hydrogen-bond acceptors (Lipinski definition) is 7. The van der Waals surface area contributed by atoms with Crippen LogP contribution < -0.4 is 16.0 Å². The number of pyridine rings is 1. The second-order valence-corrected chi connectivity index (χ2v) is 9.94. The molecule has 4 rings (SSSR count). The first kappa shape index (κ1) is 24.1. The molecule has 1 saturated heterocycles. The molecular weight excluding hydrogens is 460 g/mol. The van der Waals surface area contributed by atoms with Crippen molar-refractivity contribution in [3.63, 3.8) is 0 Å². The summed E-state index contributed by atoms with van der Waals surface area (Å²) in [6, 6.07) is 9.08. The van der Waals surface area contributed by atoms with Crippen molar-refractivity contribution >= 4 is 33.9 Å². The molecule has 1 aliphatic heterocycles. The van der Waals surface area contributed by atoms with E-state index in [2.05, 4.69) is 27.1 Å². The van der Waals surface area contributed by atoms with Gasteiger partial charge in [-0.2, -0.15) is 0 Å². The number of benzene rings is 1. The quantitative estimate of drug-likeness (QED) is 0.488. The van der Waals surface area contributed by atoms with Crippen molar-refractivity contribution in [2.24, 2.45) is 5.73 Å². The number of carbonyl (C=O) groups excluding carboxylic acids is 1. The van der Waals surface area contributed by atoms with Crippen molar-refractivity contribution in [3.05, 3.63) is 59.2 Å². The van der Waals surface area contributed by atoms with E-state index in [0.29, 0.717) is 10.8 Å². The zero-order chi connectivity index (χ0) is 24.6. The summed E-state index contributed by atoms with van der Waals surface area (Å²) in [4.78, 5) is 21.4. The molecule has 1 aliphatic rings. The Balaban J connectivity index is 1.66. The summed E-state index contributed by atoms with van der Waals surface area (Å²) in [5.74, 6) is -1.11. The van der Waals surface area contributed by atoms with Gasteiger partial charge in [0, 0.05) is 31.1 Å². The maximum absolute atomic E-state index is 14.9. The smallest absolute Gasteiger partial charge is 0.251 e. The summed E-state index contributed by atoms with van der Waals surface area (Å²) in [7, 11) is 2.08. The number of nitrogens with two attached hydrogens (primary N) is 1. The number of amides is 1. The van der Waals surface area contributed by atoms with Gasteiger partial charge in [-0.25, -0.2) is 13.8 Å². The van der Waals surface area contributed by atoms with Gasteiger partial charge < -0.3 is 26.0 Å². The summed E-state index contributed by atoms with van der Waals surface area (Å²) < 4.78 is 29.8. The first-order valence-corrected chi connectivity index (χ1v) is 11.7. The molecule has 2 aromatic heterocycles. The maximum atomic E-state index is 14.9. The number of anilines is 3. The molecule has 0 bridgehead atoms. The molecule has 3 aromatic rings. The van der Waals surface area contributed by atoms with Crippen molar-refractivity contribution in [2.75, 3.05) is 43.4 Å². The van der Waals surface area contributed by atoms with Gasteiger partial charge in [-0.3, -0.25) is 4.79 Å². The lowest BCUT2D eigenvalue weighted by molar-refractivity contribution is 0.0778. The van der Waals surface area contributed by atoms with Crippen molar-refractivity contribution < 1.29 is 18.7 Å². The predicted molar refractivity (Wildman–Crippen MR) is 131 cm³/mol. The van der Waals surface area contributed by atoms with Crippen LogP contribution in [0.15, 0.2) is 36.4 Å². The van der Waals surface area contributed by atoms with Gasteiger partial charge in [-0.15, -0.1) is 11.3 Å². The van der Waals surface area contributed by atoms with Crippen LogP contribution in [0.4, 0.5) is 25.4 Å². The second-order valence-electron chi connectivity index (χ2n) is 8.89. The van der Waals surface area contributed by atoms with Gasteiger partial charge in [0.05, 0.1) is 16.7 Å². The largest absolute Gasteiger partial charge is 0.386 e. The molecule has 0 atom stereocenters. The van der Waals surface area contributed by atoms with Crippen LogP contribution in [0.5, 0.6) is 0 Å². The van der Waals surface area contributed by atoms with Gasteiger partial charge in [0.15, 0.2) is 0 Å². The van der Waals surface area contributed by atoms with Gasteiger partial charge in [0.1, 0.15) is 28.3 Å². The number of primary amides is 1. The fourth-order valence-electron chi connectivity index (χ4n) is 3.77. The standard InChI is InChI=1S/C24H27F2N5O2S/c1-24(2,33)14-11-16(25)21(17(26)12-14)18-13-15(22(27)32)23(34-18)29-19-5-4-6-20(28-19)31-9-7-30(3)8-10-31/h4-6,11-13,33H,7-10H2,1-3H3,(H2,27,32)(H,28,29). The van der Waals surface area contributed by atoms with Gasteiger partial charge in [-0.05, 0) is 56.8 Å². The highest BCUT2D eigenvalue weighted by molar-refractivity contribution is 7.20. The number of carbonyl (C=O) groups is 1. The molecule has 4 N–H and O–H groups in total. The number of thiophene rings is 1. The lowest BCUT2D eigenvalue weighted by atomic mass is 9.96. The van der Waals surface area contributed by atoms with E-state index in [4.69, 9.17) is 5.73 Å². The van der Waals surface area contributed by atoms with Gasteiger partial charge in [0.2, 0.25) is 0 Å². The van der Waals surface area contributed by atoms with Crippen molar-refractivity contribution in [1.29, 1.82) is 0 Å². The van der Waals surface area contributed by atoms with Crippen LogP contribution in [0.1, 0.15) is 29.8 Å². The van der Waals surface area contributed by atoms with E-state index in [1.807, 2.05) is 12.1 Å². The van der Waals surface area contributed by atoms with E-state index in [0.717, 1.165) is 55.5 Å². The maximum Gasteiger partial charge on any atom is 0.251 e. The Morgan fingerprint density at radius 3 is 2.38 bits per heavy atom. The number of rotatable bonds is 6. The van der Waals surface area contributed by atoms with E-state index in [1.165, 1.54) is 19.9 Å². The van der Waals surface area contributed by atoms with Gasteiger partial charge in [-0.1, -0.05) is 6.07 Å². The zero-order valence-electron chi connectivity index (χ0n) is 19.2. The highest BCUT2D eigenvalue weighted by atomic mass is 32.1. The Morgan fingerprint density at radius 2 is 1.79 bits per heavy atom. The monoisotopic (exact) mass is 487 g/mol. The molecule has 10 heteroatoms. The fraction of sp³-hybridized carbons (Fsp3) is 0.333. The Kier molecular flexibility index (Phi) is 6.57. The number of hydrogen-bond donors (Lipinski definition) is 3. The average molecular weight is 488 g/mol. The van der Waals surface area contributed by atoms with Crippen LogP contribution in [-0.4, -0.2) is 54.1 Å². The molecule has 0 unspecified atom stereocenters. The molecule has 34 heavy (non-hydrogen) atoms. The molecule has 3 heterocycles. The van der Waals surface area contributed by atoms with Gasteiger partial charge >= 0.3 is 0 Å². The zero-order valence-corrected chi connectivity index (χ0v) is 20.0. The number of aromatic nitrogens is 1. The molecule has 0 spiro atoms. The van der Waals surface area contributed by atoms with Crippen LogP contribution >= 0.6 is 11.3 Å². The number of piperazine rings is 1. The lowest BCUT2D eigenvalue weighted by Crippen LogP contribution is -2.44. The third kappa shape index (κ3) is 5.03. The highest BCUT2D eigenvalue weighted by Crippen LogP contribution is 2.40. The highest BCUT2D eigenvalue weighted by Gasteiger charge is 2.24. The summed E-state index contributed by atoms with van der Waals surface area (Å²) in [5.41, 5.74) is 4.09. The molecular formula is C24H27F2N5O2S. The van der Waals surface area contributed by atoms with Crippen molar-refractivity contribution in [1.82, 2.24) is 9.88 Å². The molecule has 0 radical (unpaired) electrons. The number of likely N-dealkylation sites (N-methyl/N-ethyl adjacent to an activating group) is 1. The Labute approximate surface area is 200 Å². The number of nitrogens with one attached hydrogen (secondary N) is 1. The summed E-state index contributed by atoms with van der Waals surface area (Å²) in [5, 5.41) is 13.5. The number of halogens is 2. The van der Waals surface area contributed by atoms with Gasteiger partial charge in [0.25, 0.3) is 5.91 Å². The van der Waals surface area contributed by atoms with Crippen LogP contribution in [0, 0.1) is 11.6 Å². The first-order chi connectivity index (χ1) is 16.0. The van der Waals surface area contributed by atoms with Crippen LogP contribution in [0.25, 0.3) is 10.4 Å². The third-order valence-corrected chi connectivity index (χ3v) is 6.86. The van der Waals surface area contributed by atoms with Crippen LogP contribution in [-0.2, 0) is 5.60 Å². The Morgan fingerprint density at radius 1 is 1.15 bits per heavy atom. The number of aliphatic hydroxyl groups is 1. The van der Waals surface area contributed by atoms with E-state index >= 15 is 0 Å².